The zero-order valence-corrected chi connectivity index (χ0v) is 23.1. The van der Waals surface area contributed by atoms with Gasteiger partial charge in [-0.1, -0.05) is 118 Å². The Hall–Kier alpha value is -0.240. The summed E-state index contributed by atoms with van der Waals surface area (Å²) < 4.78 is 12.0. The molecule has 0 bridgehead atoms. The summed E-state index contributed by atoms with van der Waals surface area (Å²) in [5, 5.41) is 2.38. The van der Waals surface area contributed by atoms with Crippen molar-refractivity contribution in [2.24, 2.45) is 0 Å². The second-order valence-electron chi connectivity index (χ2n) is 7.38. The van der Waals surface area contributed by atoms with Crippen LogP contribution in [-0.2, 0) is 9.47 Å². The maximum Gasteiger partial charge on any atom is 0.198 e. The van der Waals surface area contributed by atoms with Gasteiger partial charge >= 0.3 is 0 Å². The van der Waals surface area contributed by atoms with Crippen LogP contribution in [0.15, 0.2) is 71.8 Å². The SMILES string of the molecule is CCOC1(OCC)CC(Br)(Br)C2=CC(Br)(Br)C=CC2=C1c1cccc2ccccc12. The highest BCUT2D eigenvalue weighted by Crippen LogP contribution is 2.59. The van der Waals surface area contributed by atoms with E-state index in [9.17, 15) is 0 Å². The number of hydrogen-bond acceptors (Lipinski definition) is 2. The summed E-state index contributed by atoms with van der Waals surface area (Å²) in [5.41, 5.74) is 4.43. The van der Waals surface area contributed by atoms with Gasteiger partial charge in [0.1, 0.15) is 6.47 Å². The zero-order chi connectivity index (χ0) is 21.6. The van der Waals surface area contributed by atoms with E-state index < -0.39 is 12.3 Å². The molecule has 0 aliphatic heterocycles. The average molecular weight is 662 g/mol. The van der Waals surface area contributed by atoms with Crippen molar-refractivity contribution in [1.29, 1.82) is 0 Å². The summed E-state index contributed by atoms with van der Waals surface area (Å²) in [4.78, 5) is 0. The summed E-state index contributed by atoms with van der Waals surface area (Å²) in [7, 11) is 0. The molecule has 2 nitrogen and oxygen atoms in total. The Bertz CT molecular complexity index is 1050. The number of ether oxygens (including phenoxy) is 2. The minimum Gasteiger partial charge on any atom is -0.346 e. The fourth-order valence-electron chi connectivity index (χ4n) is 4.35. The first-order valence-corrected chi connectivity index (χ1v) is 13.1. The topological polar surface area (TPSA) is 18.5 Å². The zero-order valence-electron chi connectivity index (χ0n) is 16.7. The first kappa shape index (κ1) is 22.9. The minimum absolute atomic E-state index is 0.396. The van der Waals surface area contributed by atoms with Gasteiger partial charge in [0.2, 0.25) is 0 Å². The van der Waals surface area contributed by atoms with Crippen molar-refractivity contribution >= 4 is 80.1 Å². The van der Waals surface area contributed by atoms with Crippen LogP contribution in [0, 0.1) is 0 Å². The maximum absolute atomic E-state index is 6.44. The lowest BCUT2D eigenvalue weighted by molar-refractivity contribution is -0.196. The number of allylic oxidation sites excluding steroid dienone is 5. The Labute approximate surface area is 211 Å². The number of hydrogen-bond donors (Lipinski definition) is 0. The van der Waals surface area contributed by atoms with Gasteiger partial charge in [0.15, 0.2) is 5.79 Å². The molecule has 158 valence electrons. The van der Waals surface area contributed by atoms with Crippen LogP contribution in [0.2, 0.25) is 0 Å². The third-order valence-electron chi connectivity index (χ3n) is 5.41. The highest BCUT2D eigenvalue weighted by atomic mass is 79.9. The molecule has 0 unspecified atom stereocenters. The van der Waals surface area contributed by atoms with E-state index in [0.717, 1.165) is 22.3 Å². The summed E-state index contributed by atoms with van der Waals surface area (Å²) in [5.74, 6) is -0.893. The molecule has 2 aliphatic carbocycles. The average Bonchev–Trinajstić information content (AvgIpc) is 2.68. The van der Waals surface area contributed by atoms with Crippen LogP contribution in [0.5, 0.6) is 0 Å². The summed E-state index contributed by atoms with van der Waals surface area (Å²) in [6, 6.07) is 14.9. The van der Waals surface area contributed by atoms with Gasteiger partial charge in [-0.2, -0.15) is 0 Å². The largest absolute Gasteiger partial charge is 0.346 e. The predicted molar refractivity (Wildman–Crippen MR) is 140 cm³/mol. The molecule has 30 heavy (non-hydrogen) atoms. The third kappa shape index (κ3) is 4.08. The van der Waals surface area contributed by atoms with Crippen LogP contribution in [0.1, 0.15) is 25.8 Å². The fraction of sp³-hybridized carbons (Fsp3) is 0.333. The van der Waals surface area contributed by atoms with Gasteiger partial charge < -0.3 is 9.47 Å². The van der Waals surface area contributed by atoms with E-state index in [1.54, 1.807) is 0 Å². The smallest absolute Gasteiger partial charge is 0.198 e. The molecule has 0 N–H and O–H groups in total. The van der Waals surface area contributed by atoms with E-state index in [0.29, 0.717) is 19.6 Å². The molecule has 0 saturated heterocycles. The van der Waals surface area contributed by atoms with Crippen molar-refractivity contribution in [3.8, 4) is 0 Å². The number of halogens is 4. The summed E-state index contributed by atoms with van der Waals surface area (Å²) in [6.07, 6.45) is 7.01. The molecule has 0 heterocycles. The number of rotatable bonds is 5. The van der Waals surface area contributed by atoms with E-state index in [4.69, 9.17) is 9.47 Å². The molecular formula is C24H22Br4O2. The lowest BCUT2D eigenvalue weighted by atomic mass is 9.76. The summed E-state index contributed by atoms with van der Waals surface area (Å²) >= 11 is 15.3. The fourth-order valence-corrected chi connectivity index (χ4v) is 6.47. The first-order valence-electron chi connectivity index (χ1n) is 9.92. The lowest BCUT2D eigenvalue weighted by Crippen LogP contribution is -2.47. The second-order valence-corrected chi connectivity index (χ2v) is 14.8. The van der Waals surface area contributed by atoms with Gasteiger partial charge in [0.05, 0.1) is 0 Å². The Balaban J connectivity index is 2.10. The molecule has 0 radical (unpaired) electrons. The monoisotopic (exact) mass is 658 g/mol. The van der Waals surface area contributed by atoms with Crippen molar-refractivity contribution in [1.82, 2.24) is 0 Å². The van der Waals surface area contributed by atoms with E-state index in [-0.39, 0.29) is 0 Å². The van der Waals surface area contributed by atoms with Crippen LogP contribution >= 0.6 is 63.7 Å². The molecule has 2 aromatic rings. The van der Waals surface area contributed by atoms with Gasteiger partial charge in [0.25, 0.3) is 0 Å². The highest BCUT2D eigenvalue weighted by Gasteiger charge is 2.53. The Morgan fingerprint density at radius 3 is 2.27 bits per heavy atom. The molecule has 0 saturated carbocycles. The van der Waals surface area contributed by atoms with E-state index in [1.165, 1.54) is 10.8 Å². The molecule has 0 amide bonds. The van der Waals surface area contributed by atoms with Crippen molar-refractivity contribution in [3.63, 3.8) is 0 Å². The van der Waals surface area contributed by atoms with Crippen LogP contribution in [0.25, 0.3) is 16.3 Å². The van der Waals surface area contributed by atoms with Gasteiger partial charge in [-0.15, -0.1) is 0 Å². The lowest BCUT2D eigenvalue weighted by Gasteiger charge is -2.47. The van der Waals surface area contributed by atoms with Gasteiger partial charge in [0, 0.05) is 25.2 Å². The van der Waals surface area contributed by atoms with Crippen LogP contribution in [-0.4, -0.2) is 25.5 Å². The van der Waals surface area contributed by atoms with Crippen LogP contribution in [0.3, 0.4) is 0 Å². The molecule has 0 aromatic heterocycles. The second kappa shape index (κ2) is 8.60. The number of alkyl halides is 4. The molecule has 4 rings (SSSR count). The molecule has 0 spiro atoms. The van der Waals surface area contributed by atoms with Gasteiger partial charge in [-0.3, -0.25) is 0 Å². The van der Waals surface area contributed by atoms with Gasteiger partial charge in [-0.05, 0) is 47.4 Å². The molecule has 6 heteroatoms. The number of benzene rings is 2. The first-order chi connectivity index (χ1) is 14.2. The van der Waals surface area contributed by atoms with Crippen LogP contribution in [0.4, 0.5) is 0 Å². The highest BCUT2D eigenvalue weighted by molar-refractivity contribution is 9.26. The van der Waals surface area contributed by atoms with Crippen molar-refractivity contribution in [2.75, 3.05) is 13.2 Å². The van der Waals surface area contributed by atoms with Crippen molar-refractivity contribution < 1.29 is 9.47 Å². The van der Waals surface area contributed by atoms with E-state index >= 15 is 0 Å². The molecule has 2 aromatic carbocycles. The minimum atomic E-state index is -0.893. The standard InChI is InChI=1S/C24H22Br4O2/c1-3-29-24(30-4-2)15-23(27,28)20-14-22(25,26)13-12-19(20)21(24)18-11-7-9-16-8-5-6-10-17(16)18/h5-14H,3-4,15H2,1-2H3. The molecule has 0 fully saturated rings. The third-order valence-corrected chi connectivity index (χ3v) is 7.81. The number of fused-ring (bicyclic) bond motifs is 2. The molecule has 2 aliphatic rings. The van der Waals surface area contributed by atoms with Crippen molar-refractivity contribution in [3.05, 3.63) is 77.4 Å². The maximum atomic E-state index is 6.44. The molecular weight excluding hydrogens is 640 g/mol. The van der Waals surface area contributed by atoms with Crippen LogP contribution < -0.4 is 0 Å². The van der Waals surface area contributed by atoms with E-state index in [1.807, 2.05) is 13.8 Å². The quantitative estimate of drug-likeness (QED) is 0.238. The van der Waals surface area contributed by atoms with E-state index in [2.05, 4.69) is 124 Å². The molecule has 0 atom stereocenters. The Kier molecular flexibility index (Phi) is 6.58. The Morgan fingerprint density at radius 1 is 0.900 bits per heavy atom. The Morgan fingerprint density at radius 2 is 1.57 bits per heavy atom. The van der Waals surface area contributed by atoms with Crippen molar-refractivity contribution in [2.45, 2.75) is 32.5 Å². The predicted octanol–water partition coefficient (Wildman–Crippen LogP) is 8.23. The normalized spacial score (nSPS) is 21.5. The summed E-state index contributed by atoms with van der Waals surface area (Å²) in [6.45, 7) is 5.11. The van der Waals surface area contributed by atoms with Gasteiger partial charge in [-0.25, -0.2) is 0 Å².